The number of hydroxylamine groups is 1. The van der Waals surface area contributed by atoms with Gasteiger partial charge in [-0.3, -0.25) is 10.0 Å². The topological polar surface area (TPSA) is 114 Å². The van der Waals surface area contributed by atoms with Crippen LogP contribution in [0.4, 0.5) is 10.5 Å². The van der Waals surface area contributed by atoms with Gasteiger partial charge in [-0.1, -0.05) is 12.1 Å². The summed E-state index contributed by atoms with van der Waals surface area (Å²) >= 11 is 0. The Labute approximate surface area is 138 Å². The van der Waals surface area contributed by atoms with Gasteiger partial charge in [-0.25, -0.2) is 10.3 Å². The van der Waals surface area contributed by atoms with Crippen molar-refractivity contribution >= 4 is 17.6 Å². The molecule has 3 amide bonds. The van der Waals surface area contributed by atoms with Crippen LogP contribution in [0.15, 0.2) is 48.5 Å². The highest BCUT2D eigenvalue weighted by Crippen LogP contribution is 2.14. The number of urea groups is 1. The molecule has 2 aromatic rings. The maximum Gasteiger partial charge on any atom is 0.319 e. The van der Waals surface area contributed by atoms with Crippen molar-refractivity contribution < 1.29 is 14.8 Å². The van der Waals surface area contributed by atoms with E-state index in [2.05, 4.69) is 10.6 Å². The van der Waals surface area contributed by atoms with Crippen molar-refractivity contribution in [3.05, 3.63) is 65.2 Å². The standard InChI is InChI=1S/C17H16N4O3/c1-11(13-4-6-14(7-5-13)16(22)21-24)19-17(23)20-15-8-2-12(10-18)3-9-15/h2-9,11,24H,1H3,(H,21,22)(H2,19,20,23)/t11-/m1/s1. The van der Waals surface area contributed by atoms with E-state index in [-0.39, 0.29) is 12.1 Å². The number of hydrogen-bond donors (Lipinski definition) is 4. The third kappa shape index (κ3) is 4.32. The molecular weight excluding hydrogens is 308 g/mol. The molecular formula is C17H16N4O3. The zero-order valence-electron chi connectivity index (χ0n) is 12.9. The maximum absolute atomic E-state index is 12.0. The average molecular weight is 324 g/mol. The lowest BCUT2D eigenvalue weighted by Gasteiger charge is -2.15. The molecule has 24 heavy (non-hydrogen) atoms. The second kappa shape index (κ2) is 7.76. The quantitative estimate of drug-likeness (QED) is 0.511. The number of amides is 3. The summed E-state index contributed by atoms with van der Waals surface area (Å²) in [5.41, 5.74) is 3.77. The normalized spacial score (nSPS) is 11.0. The Morgan fingerprint density at radius 3 is 2.25 bits per heavy atom. The van der Waals surface area contributed by atoms with E-state index in [9.17, 15) is 9.59 Å². The highest BCUT2D eigenvalue weighted by atomic mass is 16.5. The molecule has 0 fully saturated rings. The minimum Gasteiger partial charge on any atom is -0.331 e. The van der Waals surface area contributed by atoms with Crippen LogP contribution in [0.1, 0.15) is 34.5 Å². The lowest BCUT2D eigenvalue weighted by molar-refractivity contribution is 0.0706. The van der Waals surface area contributed by atoms with Crippen LogP contribution >= 0.6 is 0 Å². The van der Waals surface area contributed by atoms with Crippen LogP contribution in [0.25, 0.3) is 0 Å². The third-order valence-electron chi connectivity index (χ3n) is 3.39. The summed E-state index contributed by atoms with van der Waals surface area (Å²) in [5.74, 6) is -0.597. The van der Waals surface area contributed by atoms with Crippen molar-refractivity contribution in [2.75, 3.05) is 5.32 Å². The molecule has 0 unspecified atom stereocenters. The number of anilines is 1. The molecule has 7 heteroatoms. The molecule has 0 bridgehead atoms. The molecule has 0 heterocycles. The third-order valence-corrected chi connectivity index (χ3v) is 3.39. The first-order valence-corrected chi connectivity index (χ1v) is 7.15. The molecule has 122 valence electrons. The van der Waals surface area contributed by atoms with Crippen molar-refractivity contribution in [3.63, 3.8) is 0 Å². The van der Waals surface area contributed by atoms with Crippen LogP contribution in [0.3, 0.4) is 0 Å². The fraction of sp³-hybridized carbons (Fsp3) is 0.118. The van der Waals surface area contributed by atoms with Crippen LogP contribution in [-0.4, -0.2) is 17.1 Å². The molecule has 0 spiro atoms. The van der Waals surface area contributed by atoms with E-state index < -0.39 is 5.91 Å². The molecule has 1 atom stereocenters. The summed E-state index contributed by atoms with van der Waals surface area (Å²) in [6.07, 6.45) is 0. The highest BCUT2D eigenvalue weighted by molar-refractivity contribution is 5.93. The first-order chi connectivity index (χ1) is 11.5. The SMILES string of the molecule is C[C@@H](NC(=O)Nc1ccc(C#N)cc1)c1ccc(C(=O)NO)cc1. The Bertz CT molecular complexity index is 764. The molecule has 2 aromatic carbocycles. The second-order valence-electron chi connectivity index (χ2n) is 5.07. The number of nitrogens with zero attached hydrogens (tertiary/aromatic N) is 1. The predicted molar refractivity (Wildman–Crippen MR) is 87.4 cm³/mol. The van der Waals surface area contributed by atoms with Gasteiger partial charge in [0.2, 0.25) is 0 Å². The number of carbonyl (C=O) groups excluding carboxylic acids is 2. The number of carbonyl (C=O) groups is 2. The number of nitriles is 1. The van der Waals surface area contributed by atoms with E-state index in [0.29, 0.717) is 16.8 Å². The van der Waals surface area contributed by atoms with Crippen LogP contribution in [-0.2, 0) is 0 Å². The molecule has 4 N–H and O–H groups in total. The average Bonchev–Trinajstić information content (AvgIpc) is 2.61. The summed E-state index contributed by atoms with van der Waals surface area (Å²) < 4.78 is 0. The highest BCUT2D eigenvalue weighted by Gasteiger charge is 2.11. The monoisotopic (exact) mass is 324 g/mol. The van der Waals surface area contributed by atoms with Gasteiger partial charge in [0.25, 0.3) is 5.91 Å². The van der Waals surface area contributed by atoms with Crippen LogP contribution in [0, 0.1) is 11.3 Å². The molecule has 2 rings (SSSR count). The van der Waals surface area contributed by atoms with E-state index in [1.54, 1.807) is 60.9 Å². The van der Waals surface area contributed by atoms with Crippen molar-refractivity contribution in [1.82, 2.24) is 10.8 Å². The first kappa shape index (κ1) is 17.0. The second-order valence-corrected chi connectivity index (χ2v) is 5.07. The van der Waals surface area contributed by atoms with Gasteiger partial charge >= 0.3 is 6.03 Å². The fourth-order valence-corrected chi connectivity index (χ4v) is 2.06. The summed E-state index contributed by atoms with van der Waals surface area (Å²) in [6.45, 7) is 1.81. The van der Waals surface area contributed by atoms with E-state index in [0.717, 1.165) is 5.56 Å². The lowest BCUT2D eigenvalue weighted by Crippen LogP contribution is -2.31. The van der Waals surface area contributed by atoms with Gasteiger partial charge in [0.1, 0.15) is 0 Å². The zero-order valence-corrected chi connectivity index (χ0v) is 12.9. The van der Waals surface area contributed by atoms with Crippen LogP contribution in [0.5, 0.6) is 0 Å². The number of hydrogen-bond acceptors (Lipinski definition) is 4. The Hall–Kier alpha value is -3.37. The number of benzene rings is 2. The number of rotatable bonds is 4. The van der Waals surface area contributed by atoms with E-state index >= 15 is 0 Å². The molecule has 0 aliphatic rings. The summed E-state index contributed by atoms with van der Waals surface area (Å²) in [6, 6.07) is 14.3. The van der Waals surface area contributed by atoms with Crippen molar-refractivity contribution in [1.29, 1.82) is 5.26 Å². The largest absolute Gasteiger partial charge is 0.331 e. The maximum atomic E-state index is 12.0. The van der Waals surface area contributed by atoms with Crippen molar-refractivity contribution in [2.45, 2.75) is 13.0 Å². The Morgan fingerprint density at radius 1 is 1.08 bits per heavy atom. The summed E-state index contributed by atoms with van der Waals surface area (Å²) in [7, 11) is 0. The molecule has 7 nitrogen and oxygen atoms in total. The van der Waals surface area contributed by atoms with Crippen LogP contribution in [0.2, 0.25) is 0 Å². The molecule has 0 radical (unpaired) electrons. The number of nitrogens with one attached hydrogen (secondary N) is 3. The fourth-order valence-electron chi connectivity index (χ4n) is 2.06. The Morgan fingerprint density at radius 2 is 1.71 bits per heavy atom. The van der Waals surface area contributed by atoms with Gasteiger partial charge < -0.3 is 10.6 Å². The molecule has 0 saturated carbocycles. The van der Waals surface area contributed by atoms with Gasteiger partial charge in [-0.2, -0.15) is 5.26 Å². The minimum absolute atomic E-state index is 0.283. The lowest BCUT2D eigenvalue weighted by atomic mass is 10.1. The van der Waals surface area contributed by atoms with Gasteiger partial charge in [0.15, 0.2) is 0 Å². The van der Waals surface area contributed by atoms with Crippen molar-refractivity contribution in [3.8, 4) is 6.07 Å². The zero-order chi connectivity index (χ0) is 17.5. The smallest absolute Gasteiger partial charge is 0.319 e. The first-order valence-electron chi connectivity index (χ1n) is 7.15. The molecule has 0 aliphatic carbocycles. The predicted octanol–water partition coefficient (Wildman–Crippen LogP) is 2.56. The van der Waals surface area contributed by atoms with Crippen molar-refractivity contribution in [2.24, 2.45) is 0 Å². The van der Waals surface area contributed by atoms with E-state index in [1.165, 1.54) is 0 Å². The summed E-state index contributed by atoms with van der Waals surface area (Å²) in [5, 5.41) is 22.8. The molecule has 0 aromatic heterocycles. The van der Waals surface area contributed by atoms with Crippen LogP contribution < -0.4 is 16.1 Å². The molecule has 0 saturated heterocycles. The minimum atomic E-state index is -0.597. The van der Waals surface area contributed by atoms with Gasteiger partial charge in [-0.05, 0) is 48.9 Å². The Kier molecular flexibility index (Phi) is 5.49. The van der Waals surface area contributed by atoms with Gasteiger partial charge in [0.05, 0.1) is 17.7 Å². The van der Waals surface area contributed by atoms with E-state index in [1.807, 2.05) is 6.07 Å². The Balaban J connectivity index is 1.95. The van der Waals surface area contributed by atoms with E-state index in [4.69, 9.17) is 10.5 Å². The summed E-state index contributed by atoms with van der Waals surface area (Å²) in [4.78, 5) is 23.2. The molecule has 0 aliphatic heterocycles. The van der Waals surface area contributed by atoms with Gasteiger partial charge in [-0.15, -0.1) is 0 Å². The van der Waals surface area contributed by atoms with Gasteiger partial charge in [0, 0.05) is 11.3 Å².